The van der Waals surface area contributed by atoms with Crippen LogP contribution in [0.1, 0.15) is 12.8 Å². The maximum Gasteiger partial charge on any atom is 0.410 e. The minimum absolute atomic E-state index is 0.00460. The fourth-order valence-corrected chi connectivity index (χ4v) is 2.56. The summed E-state index contributed by atoms with van der Waals surface area (Å²) in [5, 5.41) is 12.5. The zero-order valence-electron chi connectivity index (χ0n) is 11.2. The van der Waals surface area contributed by atoms with Crippen LogP contribution in [0.15, 0.2) is 12.7 Å². The lowest BCUT2D eigenvalue weighted by Crippen LogP contribution is -2.44. The van der Waals surface area contributed by atoms with E-state index in [1.165, 1.54) is 11.0 Å². The average molecular weight is 303 g/mol. The predicted octanol–water partition coefficient (Wildman–Crippen LogP) is 0.101. The van der Waals surface area contributed by atoms with E-state index >= 15 is 0 Å². The molecule has 0 bridgehead atoms. The Balaban J connectivity index is 2.53. The highest BCUT2D eigenvalue weighted by Crippen LogP contribution is 2.26. The van der Waals surface area contributed by atoms with Gasteiger partial charge >= 0.3 is 12.1 Å². The highest BCUT2D eigenvalue weighted by atomic mass is 32.1. The molecule has 1 aliphatic rings. The summed E-state index contributed by atoms with van der Waals surface area (Å²) in [4.78, 5) is 23.9. The maximum atomic E-state index is 11.9. The number of aliphatic hydroxyl groups is 1. The molecule has 1 aliphatic heterocycles. The number of rotatable bonds is 6. The Bertz CT molecular complexity index is 367. The van der Waals surface area contributed by atoms with Gasteiger partial charge in [0.2, 0.25) is 0 Å². The second kappa shape index (κ2) is 8.01. The Morgan fingerprint density at radius 2 is 2.35 bits per heavy atom. The highest BCUT2D eigenvalue weighted by Gasteiger charge is 2.38. The molecule has 0 saturated carbocycles. The van der Waals surface area contributed by atoms with Crippen LogP contribution in [0, 0.1) is 0 Å². The van der Waals surface area contributed by atoms with Gasteiger partial charge in [-0.05, 0) is 12.8 Å². The summed E-state index contributed by atoms with van der Waals surface area (Å²) in [5.74, 6) is 0. The third kappa shape index (κ3) is 4.93. The van der Waals surface area contributed by atoms with Gasteiger partial charge in [-0.25, -0.2) is 9.59 Å². The van der Waals surface area contributed by atoms with E-state index in [0.717, 1.165) is 0 Å². The molecular formula is C12H21N3O4S. The van der Waals surface area contributed by atoms with Gasteiger partial charge in [0.1, 0.15) is 6.61 Å². The average Bonchev–Trinajstić information content (AvgIpc) is 2.77. The third-order valence-corrected chi connectivity index (χ3v) is 3.44. The predicted molar refractivity (Wildman–Crippen MR) is 77.6 cm³/mol. The molecule has 1 heterocycles. The maximum absolute atomic E-state index is 11.9. The quantitative estimate of drug-likeness (QED) is 0.412. The van der Waals surface area contributed by atoms with Crippen molar-refractivity contribution in [2.75, 3.05) is 19.7 Å². The standard InChI is InChI=1S/C12H21N3O4S/c1-2-5-19-12(18)15-7-8(20)6-9(15)10(16)3-4-14-11(13)17/h2,8-10,16,20H,1,3-7H2,(H3,13,14,17)/t8-,9-,10?/m0/s1. The fourth-order valence-electron chi connectivity index (χ4n) is 2.17. The first-order chi connectivity index (χ1) is 9.45. The number of likely N-dealkylation sites (tertiary alicyclic amines) is 1. The summed E-state index contributed by atoms with van der Waals surface area (Å²) in [7, 11) is 0. The number of urea groups is 1. The van der Waals surface area contributed by atoms with Crippen molar-refractivity contribution in [2.24, 2.45) is 5.73 Å². The topological polar surface area (TPSA) is 105 Å². The van der Waals surface area contributed by atoms with Gasteiger partial charge < -0.3 is 25.8 Å². The second-order valence-corrected chi connectivity index (χ2v) is 5.35. The first-order valence-corrected chi connectivity index (χ1v) is 6.91. The second-order valence-electron chi connectivity index (χ2n) is 4.62. The molecule has 1 unspecified atom stereocenters. The summed E-state index contributed by atoms with van der Waals surface area (Å²) in [6.07, 6.45) is 1.10. The number of ether oxygens (including phenoxy) is 1. The van der Waals surface area contributed by atoms with Crippen molar-refractivity contribution in [1.29, 1.82) is 0 Å². The monoisotopic (exact) mass is 303 g/mol. The normalized spacial score (nSPS) is 23.2. The van der Waals surface area contributed by atoms with Crippen LogP contribution >= 0.6 is 12.6 Å². The SMILES string of the molecule is C=CCOC(=O)N1C[C@@H](S)C[C@H]1C(O)CCNC(N)=O. The van der Waals surface area contributed by atoms with Crippen molar-refractivity contribution < 1.29 is 19.4 Å². The van der Waals surface area contributed by atoms with Crippen LogP contribution in [0.2, 0.25) is 0 Å². The van der Waals surface area contributed by atoms with Crippen LogP contribution in [-0.4, -0.2) is 59.2 Å². The molecular weight excluding hydrogens is 282 g/mol. The Labute approximate surface area is 123 Å². The third-order valence-electron chi connectivity index (χ3n) is 3.06. The van der Waals surface area contributed by atoms with Crippen LogP contribution in [-0.2, 0) is 4.74 Å². The van der Waals surface area contributed by atoms with Gasteiger partial charge in [0.25, 0.3) is 0 Å². The van der Waals surface area contributed by atoms with Crippen molar-refractivity contribution in [2.45, 2.75) is 30.2 Å². The van der Waals surface area contributed by atoms with Crippen LogP contribution in [0.25, 0.3) is 0 Å². The highest BCUT2D eigenvalue weighted by molar-refractivity contribution is 7.81. The molecule has 1 fully saturated rings. The van der Waals surface area contributed by atoms with Crippen LogP contribution in [0.4, 0.5) is 9.59 Å². The van der Waals surface area contributed by atoms with Gasteiger partial charge in [0.15, 0.2) is 0 Å². The van der Waals surface area contributed by atoms with Crippen molar-refractivity contribution in [3.63, 3.8) is 0 Å². The minimum Gasteiger partial charge on any atom is -0.445 e. The smallest absolute Gasteiger partial charge is 0.410 e. The molecule has 0 aromatic carbocycles. The molecule has 114 valence electrons. The zero-order chi connectivity index (χ0) is 15.1. The number of nitrogens with zero attached hydrogens (tertiary/aromatic N) is 1. The molecule has 0 aromatic rings. The Hall–Kier alpha value is -1.41. The number of thiol groups is 1. The molecule has 1 rings (SSSR count). The van der Waals surface area contributed by atoms with E-state index < -0.39 is 18.2 Å². The van der Waals surface area contributed by atoms with E-state index in [2.05, 4.69) is 24.5 Å². The lowest BCUT2D eigenvalue weighted by Gasteiger charge is -2.27. The van der Waals surface area contributed by atoms with Crippen molar-refractivity contribution in [3.05, 3.63) is 12.7 Å². The number of nitrogens with one attached hydrogen (secondary N) is 1. The summed E-state index contributed by atoms with van der Waals surface area (Å²) in [6, 6.07) is -1.01. The molecule has 1 saturated heterocycles. The molecule has 20 heavy (non-hydrogen) atoms. The van der Waals surface area contributed by atoms with Gasteiger partial charge in [0, 0.05) is 18.3 Å². The fraction of sp³-hybridized carbons (Fsp3) is 0.667. The molecule has 0 aliphatic carbocycles. The number of aliphatic hydroxyl groups excluding tert-OH is 1. The Morgan fingerprint density at radius 3 is 2.95 bits per heavy atom. The molecule has 3 atom stereocenters. The number of hydrogen-bond acceptors (Lipinski definition) is 5. The number of nitrogens with two attached hydrogens (primary N) is 1. The van der Waals surface area contributed by atoms with Crippen molar-refractivity contribution in [3.8, 4) is 0 Å². The van der Waals surface area contributed by atoms with E-state index in [4.69, 9.17) is 10.5 Å². The van der Waals surface area contributed by atoms with Crippen LogP contribution in [0.3, 0.4) is 0 Å². The van der Waals surface area contributed by atoms with Gasteiger partial charge in [-0.15, -0.1) is 0 Å². The summed E-state index contributed by atoms with van der Waals surface area (Å²) in [5.41, 5.74) is 4.95. The number of carbonyl (C=O) groups is 2. The number of primary amides is 1. The first kappa shape index (κ1) is 16.6. The van der Waals surface area contributed by atoms with Crippen LogP contribution in [0.5, 0.6) is 0 Å². The lowest BCUT2D eigenvalue weighted by atomic mass is 10.1. The molecule has 4 N–H and O–H groups in total. The summed E-state index contributed by atoms with van der Waals surface area (Å²) >= 11 is 4.34. The van der Waals surface area contributed by atoms with Gasteiger partial charge in [-0.1, -0.05) is 12.7 Å². The van der Waals surface area contributed by atoms with E-state index in [-0.39, 0.29) is 24.4 Å². The Kier molecular flexibility index (Phi) is 6.66. The first-order valence-electron chi connectivity index (χ1n) is 6.39. The number of hydrogen-bond donors (Lipinski definition) is 4. The summed E-state index contributed by atoms with van der Waals surface area (Å²) in [6.45, 7) is 4.27. The zero-order valence-corrected chi connectivity index (χ0v) is 12.1. The Morgan fingerprint density at radius 1 is 1.65 bits per heavy atom. The molecule has 0 radical (unpaired) electrons. The molecule has 3 amide bonds. The molecule has 0 aromatic heterocycles. The van der Waals surface area contributed by atoms with E-state index in [9.17, 15) is 14.7 Å². The minimum atomic E-state index is -0.768. The summed E-state index contributed by atoms with van der Waals surface area (Å²) < 4.78 is 4.98. The van der Waals surface area contributed by atoms with Gasteiger partial charge in [0.05, 0.1) is 12.1 Å². The number of carbonyl (C=O) groups excluding carboxylic acids is 2. The van der Waals surface area contributed by atoms with Gasteiger partial charge in [-0.3, -0.25) is 0 Å². The van der Waals surface area contributed by atoms with Gasteiger partial charge in [-0.2, -0.15) is 12.6 Å². The van der Waals surface area contributed by atoms with Crippen LogP contribution < -0.4 is 11.1 Å². The molecule has 8 heteroatoms. The number of amides is 3. The molecule has 0 spiro atoms. The van der Waals surface area contributed by atoms with E-state index in [1.807, 2.05) is 0 Å². The molecule has 7 nitrogen and oxygen atoms in total. The van der Waals surface area contributed by atoms with Crippen molar-refractivity contribution >= 4 is 24.8 Å². The largest absolute Gasteiger partial charge is 0.445 e. The van der Waals surface area contributed by atoms with E-state index in [0.29, 0.717) is 19.4 Å². The van der Waals surface area contributed by atoms with E-state index in [1.54, 1.807) is 0 Å². The lowest BCUT2D eigenvalue weighted by molar-refractivity contribution is 0.0519. The van der Waals surface area contributed by atoms with Crippen molar-refractivity contribution in [1.82, 2.24) is 10.2 Å².